The average Bonchev–Trinajstić information content (AvgIpc) is 3.85. The Kier molecular flexibility index (Phi) is 11.3. The van der Waals surface area contributed by atoms with Crippen molar-refractivity contribution in [3.8, 4) is 22.9 Å². The van der Waals surface area contributed by atoms with E-state index in [1.807, 2.05) is 25.7 Å². The number of hydrogen-bond acceptors (Lipinski definition) is 11. The summed E-state index contributed by atoms with van der Waals surface area (Å²) >= 11 is 6.52. The van der Waals surface area contributed by atoms with Gasteiger partial charge in [-0.15, -0.1) is 0 Å². The molecule has 8 rings (SSSR count). The van der Waals surface area contributed by atoms with Crippen molar-refractivity contribution in [3.63, 3.8) is 0 Å². The molecule has 0 aliphatic carbocycles. The number of piperazine rings is 1. The van der Waals surface area contributed by atoms with Crippen molar-refractivity contribution in [3.05, 3.63) is 52.8 Å². The molecule has 4 saturated heterocycles. The first-order valence-electron chi connectivity index (χ1n) is 20.3. The van der Waals surface area contributed by atoms with Crippen LogP contribution in [0.15, 0.2) is 30.3 Å². The minimum Gasteiger partial charge on any atom is -0.468 e. The fraction of sp³-hybridized carbons (Fsp3) is 0.535. The van der Waals surface area contributed by atoms with Gasteiger partial charge in [0.1, 0.15) is 47.5 Å². The number of methoxy groups -OCH3 is 1. The molecule has 5 heterocycles. The summed E-state index contributed by atoms with van der Waals surface area (Å²) in [6.45, 7) is 7.19. The maximum atomic E-state index is 17.5. The Morgan fingerprint density at radius 1 is 0.983 bits per heavy atom. The first-order chi connectivity index (χ1) is 28.6. The zero-order valence-corrected chi connectivity index (χ0v) is 35.4. The average molecular weight is 855 g/mol. The second-order valence-corrected chi connectivity index (χ2v) is 17.8. The summed E-state index contributed by atoms with van der Waals surface area (Å²) in [7, 11) is 4.72. The van der Waals surface area contributed by atoms with Gasteiger partial charge >= 0.3 is 18.2 Å². The molecule has 13 nitrogen and oxygen atoms in total. The van der Waals surface area contributed by atoms with E-state index < -0.39 is 40.8 Å². The fourth-order valence-corrected chi connectivity index (χ4v) is 9.74. The van der Waals surface area contributed by atoms with Crippen LogP contribution in [0.4, 0.5) is 28.6 Å². The van der Waals surface area contributed by atoms with E-state index in [1.165, 1.54) is 36.3 Å². The maximum absolute atomic E-state index is 17.5. The Labute approximate surface area is 351 Å². The first-order valence-corrected chi connectivity index (χ1v) is 20.7. The molecule has 2 bridgehead atoms. The number of carbonyl (C=O) groups is 2. The van der Waals surface area contributed by atoms with Gasteiger partial charge in [-0.3, -0.25) is 9.80 Å². The predicted molar refractivity (Wildman–Crippen MR) is 219 cm³/mol. The van der Waals surface area contributed by atoms with Crippen molar-refractivity contribution < 1.29 is 46.4 Å². The minimum absolute atomic E-state index is 0.00270. The Bertz CT molecular complexity index is 2320. The van der Waals surface area contributed by atoms with Crippen LogP contribution in [0.1, 0.15) is 59.3 Å². The third-order valence-corrected chi connectivity index (χ3v) is 12.5. The number of hydrogen-bond donors (Lipinski definition) is 0. The Morgan fingerprint density at radius 3 is 2.43 bits per heavy atom. The van der Waals surface area contributed by atoms with Gasteiger partial charge in [0.05, 0.1) is 28.2 Å². The Morgan fingerprint density at radius 2 is 1.73 bits per heavy atom. The summed E-state index contributed by atoms with van der Waals surface area (Å²) in [5.41, 5.74) is -1.81. The van der Waals surface area contributed by atoms with Gasteiger partial charge in [-0.2, -0.15) is 9.97 Å². The second-order valence-electron chi connectivity index (χ2n) is 17.4. The van der Waals surface area contributed by atoms with E-state index in [0.717, 1.165) is 45.1 Å². The zero-order chi connectivity index (χ0) is 42.7. The maximum Gasteiger partial charge on any atom is 0.410 e. The third-order valence-electron chi connectivity index (χ3n) is 12.1. The van der Waals surface area contributed by atoms with Crippen molar-refractivity contribution in [1.82, 2.24) is 24.7 Å². The second kappa shape index (κ2) is 16.2. The molecule has 4 fully saturated rings. The molecule has 2 unspecified atom stereocenters. The van der Waals surface area contributed by atoms with Gasteiger partial charge in [0.2, 0.25) is 0 Å². The highest BCUT2D eigenvalue weighted by atomic mass is 35.5. The van der Waals surface area contributed by atoms with Crippen molar-refractivity contribution in [2.75, 3.05) is 65.7 Å². The van der Waals surface area contributed by atoms with Crippen molar-refractivity contribution in [2.24, 2.45) is 0 Å². The molecule has 4 aromatic rings. The summed E-state index contributed by atoms with van der Waals surface area (Å²) in [6, 6.07) is 6.23. The Balaban J connectivity index is 1.20. The number of benzene rings is 3. The normalized spacial score (nSPS) is 22.7. The molecule has 0 N–H and O–H groups in total. The monoisotopic (exact) mass is 854 g/mol. The molecule has 60 heavy (non-hydrogen) atoms. The van der Waals surface area contributed by atoms with E-state index in [2.05, 4.69) is 9.88 Å². The number of fused-ring (bicyclic) bond motifs is 5. The molecular formula is C43H50ClF3N6O7. The molecule has 0 radical (unpaired) electrons. The predicted octanol–water partition coefficient (Wildman–Crippen LogP) is 8.17. The molecule has 2 amide bonds. The SMILES string of the molecule is COCOc1cc(-c2c(F)cc3c(N4C[C@H]5CC[C@@H](C4)N5C(=O)OC(C)(C)C)nc(OCC45CCCN4C(COC(=O)N(C)C)CC5)nc3c2F)c2c(Cl)c(F)ccc2c1. The fourth-order valence-electron chi connectivity index (χ4n) is 9.46. The van der Waals surface area contributed by atoms with Crippen molar-refractivity contribution in [2.45, 2.75) is 88.6 Å². The summed E-state index contributed by atoms with van der Waals surface area (Å²) in [6.07, 6.45) is 3.94. The summed E-state index contributed by atoms with van der Waals surface area (Å²) in [4.78, 5) is 42.5. The van der Waals surface area contributed by atoms with Gasteiger partial charge in [-0.05, 0) is 95.5 Å². The van der Waals surface area contributed by atoms with Crippen LogP contribution in [-0.2, 0) is 14.2 Å². The van der Waals surface area contributed by atoms with Crippen molar-refractivity contribution >= 4 is 51.3 Å². The molecule has 0 spiro atoms. The van der Waals surface area contributed by atoms with E-state index in [4.69, 9.17) is 40.3 Å². The highest BCUT2D eigenvalue weighted by Crippen LogP contribution is 2.46. The highest BCUT2D eigenvalue weighted by Gasteiger charge is 2.50. The van der Waals surface area contributed by atoms with Gasteiger partial charge in [-0.25, -0.2) is 22.8 Å². The lowest BCUT2D eigenvalue weighted by Gasteiger charge is -2.42. The van der Waals surface area contributed by atoms with Crippen LogP contribution in [0.2, 0.25) is 5.02 Å². The molecule has 17 heteroatoms. The van der Waals surface area contributed by atoms with E-state index in [-0.39, 0.29) is 88.1 Å². The van der Waals surface area contributed by atoms with Gasteiger partial charge in [0, 0.05) is 56.7 Å². The first kappa shape index (κ1) is 41.9. The molecule has 4 aliphatic rings. The molecule has 4 aliphatic heterocycles. The zero-order valence-electron chi connectivity index (χ0n) is 34.7. The highest BCUT2D eigenvalue weighted by molar-refractivity contribution is 6.37. The summed E-state index contributed by atoms with van der Waals surface area (Å²) in [5, 5.41) is 0.272. The lowest BCUT2D eigenvalue weighted by Crippen LogP contribution is -2.57. The van der Waals surface area contributed by atoms with Gasteiger partial charge in [0.15, 0.2) is 12.6 Å². The molecular weight excluding hydrogens is 805 g/mol. The molecule has 4 atom stereocenters. The Hall–Kier alpha value is -4.80. The number of carbonyl (C=O) groups excluding carboxylic acids is 2. The molecule has 322 valence electrons. The lowest BCUT2D eigenvalue weighted by molar-refractivity contribution is 0.0122. The molecule has 0 saturated carbocycles. The largest absolute Gasteiger partial charge is 0.468 e. The van der Waals surface area contributed by atoms with Crippen LogP contribution < -0.4 is 14.4 Å². The van der Waals surface area contributed by atoms with E-state index in [1.54, 1.807) is 25.1 Å². The number of nitrogens with zero attached hydrogens (tertiary/aromatic N) is 6. The van der Waals surface area contributed by atoms with Gasteiger partial charge < -0.3 is 33.5 Å². The van der Waals surface area contributed by atoms with E-state index >= 15 is 13.2 Å². The van der Waals surface area contributed by atoms with Crippen LogP contribution in [0.25, 0.3) is 32.8 Å². The third kappa shape index (κ3) is 7.81. The van der Waals surface area contributed by atoms with Gasteiger partial charge in [-0.1, -0.05) is 17.7 Å². The summed E-state index contributed by atoms with van der Waals surface area (Å²) < 4.78 is 77.8. The van der Waals surface area contributed by atoms with Gasteiger partial charge in [0.25, 0.3) is 0 Å². The van der Waals surface area contributed by atoms with E-state index in [0.29, 0.717) is 18.5 Å². The van der Waals surface area contributed by atoms with Crippen LogP contribution in [0.5, 0.6) is 11.8 Å². The number of amides is 2. The number of aromatic nitrogens is 2. The minimum atomic E-state index is -1.02. The molecule has 1 aromatic heterocycles. The van der Waals surface area contributed by atoms with Crippen LogP contribution in [0, 0.1) is 17.5 Å². The summed E-state index contributed by atoms with van der Waals surface area (Å²) in [5.74, 6) is -2.26. The number of halogens is 4. The number of ether oxygens (including phenoxy) is 5. The standard InChI is InChI=1S/C43H50ClF3N6O7/c1-42(2,3)60-41(55)53-25-9-10-26(53)20-51(19-25)38-30-18-32(46)34(29-17-28(59-23-56-6)16-24-8-11-31(45)35(44)33(24)29)36(47)37(30)48-39(49-38)58-22-43-13-7-15-52(43)27(12-14-43)21-57-40(54)50(4)5/h8,11,16-18,25-27H,7,9-10,12-15,19-23H2,1-6H3/t25-,26+,27?,43?. The van der Waals surface area contributed by atoms with Crippen molar-refractivity contribution in [1.29, 1.82) is 0 Å². The number of rotatable bonds is 10. The van der Waals surface area contributed by atoms with Crippen LogP contribution in [-0.4, -0.2) is 127 Å². The quantitative estimate of drug-likeness (QED) is 0.144. The number of anilines is 1. The van der Waals surface area contributed by atoms with Crippen LogP contribution >= 0.6 is 11.6 Å². The smallest absolute Gasteiger partial charge is 0.410 e. The molecule has 3 aromatic carbocycles. The lowest BCUT2D eigenvalue weighted by atomic mass is 9.95. The topological polar surface area (TPSA) is 119 Å². The van der Waals surface area contributed by atoms with E-state index in [9.17, 15) is 9.59 Å². The van der Waals surface area contributed by atoms with Crippen LogP contribution in [0.3, 0.4) is 0 Å².